The summed E-state index contributed by atoms with van der Waals surface area (Å²) in [6, 6.07) is 10.9. The largest absolute Gasteiger partial charge is 0.507 e. The molecule has 0 spiro atoms. The van der Waals surface area contributed by atoms with Gasteiger partial charge in [-0.1, -0.05) is 30.3 Å². The predicted octanol–water partition coefficient (Wildman–Crippen LogP) is 3.64. The Morgan fingerprint density at radius 1 is 1.11 bits per heavy atom. The molecule has 0 aromatic heterocycles. The fourth-order valence-electron chi connectivity index (χ4n) is 2.69. The molecule has 19 heavy (non-hydrogen) atoms. The molecule has 0 aliphatic heterocycles. The van der Waals surface area contributed by atoms with Crippen molar-refractivity contribution < 1.29 is 14.6 Å². The summed E-state index contributed by atoms with van der Waals surface area (Å²) in [5.41, 5.74) is 0.282. The van der Waals surface area contributed by atoms with E-state index in [1.807, 2.05) is 24.3 Å². The van der Waals surface area contributed by atoms with Crippen LogP contribution >= 0.6 is 0 Å². The Balaban J connectivity index is 1.98. The first-order valence-corrected chi connectivity index (χ1v) is 6.67. The molecule has 0 saturated heterocycles. The van der Waals surface area contributed by atoms with Crippen LogP contribution in [0.25, 0.3) is 10.8 Å². The lowest BCUT2D eigenvalue weighted by atomic mass is 10.0. The number of phenolic OH excluding ortho intramolecular Hbond substituents is 1. The number of carbonyl (C=O) groups excluding carboxylic acids is 1. The summed E-state index contributed by atoms with van der Waals surface area (Å²) in [7, 11) is 0. The summed E-state index contributed by atoms with van der Waals surface area (Å²) in [4.78, 5) is 12.3. The number of esters is 1. The molecule has 1 aliphatic carbocycles. The Kier molecular flexibility index (Phi) is 3.11. The molecular formula is C16H16O3. The van der Waals surface area contributed by atoms with Crippen molar-refractivity contribution in [3.8, 4) is 5.75 Å². The Morgan fingerprint density at radius 3 is 2.63 bits per heavy atom. The van der Waals surface area contributed by atoms with E-state index in [0.717, 1.165) is 36.5 Å². The minimum atomic E-state index is -0.416. The molecule has 1 aliphatic rings. The van der Waals surface area contributed by atoms with Gasteiger partial charge in [-0.2, -0.15) is 0 Å². The summed E-state index contributed by atoms with van der Waals surface area (Å²) in [5.74, 6) is -0.428. The first-order valence-electron chi connectivity index (χ1n) is 6.67. The third-order valence-corrected chi connectivity index (χ3v) is 3.69. The van der Waals surface area contributed by atoms with Crippen LogP contribution < -0.4 is 0 Å². The van der Waals surface area contributed by atoms with Gasteiger partial charge in [0.2, 0.25) is 0 Å². The molecule has 2 aromatic carbocycles. The van der Waals surface area contributed by atoms with Crippen molar-refractivity contribution in [2.24, 2.45) is 0 Å². The standard InChI is InChI=1S/C16H16O3/c17-14-10-9-11-5-1-4-8-13(11)15(14)16(18)19-12-6-2-3-7-12/h1,4-5,8-10,12,17H,2-3,6-7H2. The number of hydrogen-bond acceptors (Lipinski definition) is 3. The Labute approximate surface area is 111 Å². The summed E-state index contributed by atoms with van der Waals surface area (Å²) >= 11 is 0. The number of fused-ring (bicyclic) bond motifs is 1. The van der Waals surface area contributed by atoms with Crippen LogP contribution in [0.2, 0.25) is 0 Å². The molecule has 0 heterocycles. The van der Waals surface area contributed by atoms with Gasteiger partial charge in [-0.3, -0.25) is 0 Å². The van der Waals surface area contributed by atoms with E-state index >= 15 is 0 Å². The Morgan fingerprint density at radius 2 is 1.84 bits per heavy atom. The van der Waals surface area contributed by atoms with Crippen molar-refractivity contribution in [2.75, 3.05) is 0 Å². The van der Waals surface area contributed by atoms with Gasteiger partial charge < -0.3 is 9.84 Å². The number of carbonyl (C=O) groups is 1. The van der Waals surface area contributed by atoms with Crippen LogP contribution in [-0.2, 0) is 4.74 Å². The van der Waals surface area contributed by atoms with Crippen LogP contribution in [0.15, 0.2) is 36.4 Å². The minimum Gasteiger partial charge on any atom is -0.507 e. The van der Waals surface area contributed by atoms with Crippen LogP contribution in [0.3, 0.4) is 0 Å². The van der Waals surface area contributed by atoms with Gasteiger partial charge in [0.25, 0.3) is 0 Å². The topological polar surface area (TPSA) is 46.5 Å². The molecule has 1 saturated carbocycles. The highest BCUT2D eigenvalue weighted by Gasteiger charge is 2.23. The van der Waals surface area contributed by atoms with E-state index in [1.165, 1.54) is 0 Å². The van der Waals surface area contributed by atoms with E-state index < -0.39 is 5.97 Å². The summed E-state index contributed by atoms with van der Waals surface area (Å²) in [5, 5.41) is 11.6. The SMILES string of the molecule is O=C(OC1CCCC1)c1c(O)ccc2ccccc12. The van der Waals surface area contributed by atoms with Crippen molar-refractivity contribution in [2.45, 2.75) is 31.8 Å². The molecule has 0 atom stereocenters. The van der Waals surface area contributed by atoms with Crippen LogP contribution in [0.5, 0.6) is 5.75 Å². The fourth-order valence-corrected chi connectivity index (χ4v) is 2.69. The zero-order valence-corrected chi connectivity index (χ0v) is 10.6. The second-order valence-electron chi connectivity index (χ2n) is 4.99. The summed E-state index contributed by atoms with van der Waals surface area (Å²) in [6.07, 6.45) is 4.08. The van der Waals surface area contributed by atoms with Gasteiger partial charge in [0.1, 0.15) is 17.4 Å². The lowest BCUT2D eigenvalue weighted by Crippen LogP contribution is -2.15. The van der Waals surface area contributed by atoms with E-state index in [9.17, 15) is 9.90 Å². The van der Waals surface area contributed by atoms with Crippen LogP contribution in [-0.4, -0.2) is 17.2 Å². The van der Waals surface area contributed by atoms with E-state index in [-0.39, 0.29) is 17.4 Å². The highest BCUT2D eigenvalue weighted by Crippen LogP contribution is 2.29. The maximum Gasteiger partial charge on any atom is 0.342 e. The molecule has 3 nitrogen and oxygen atoms in total. The molecule has 3 rings (SSSR count). The summed E-state index contributed by atoms with van der Waals surface area (Å²) in [6.45, 7) is 0. The highest BCUT2D eigenvalue weighted by atomic mass is 16.5. The van der Waals surface area contributed by atoms with Gasteiger partial charge in [0.15, 0.2) is 0 Å². The predicted molar refractivity (Wildman–Crippen MR) is 73.3 cm³/mol. The molecule has 2 aromatic rings. The van der Waals surface area contributed by atoms with E-state index in [1.54, 1.807) is 12.1 Å². The van der Waals surface area contributed by atoms with Crippen molar-refractivity contribution in [3.63, 3.8) is 0 Å². The molecule has 0 amide bonds. The molecule has 98 valence electrons. The van der Waals surface area contributed by atoms with Gasteiger partial charge in [0, 0.05) is 0 Å². The monoisotopic (exact) mass is 256 g/mol. The number of ether oxygens (including phenoxy) is 1. The van der Waals surface area contributed by atoms with Crippen molar-refractivity contribution >= 4 is 16.7 Å². The molecule has 1 N–H and O–H groups in total. The first-order chi connectivity index (χ1) is 9.25. The van der Waals surface area contributed by atoms with E-state index in [4.69, 9.17) is 4.74 Å². The molecule has 0 bridgehead atoms. The number of rotatable bonds is 2. The fraction of sp³-hybridized carbons (Fsp3) is 0.312. The zero-order chi connectivity index (χ0) is 13.2. The number of benzene rings is 2. The Bertz CT molecular complexity index is 612. The molecular weight excluding hydrogens is 240 g/mol. The number of aromatic hydroxyl groups is 1. The van der Waals surface area contributed by atoms with Crippen molar-refractivity contribution in [1.29, 1.82) is 0 Å². The van der Waals surface area contributed by atoms with Crippen LogP contribution in [0.4, 0.5) is 0 Å². The maximum absolute atomic E-state index is 12.3. The molecule has 0 radical (unpaired) electrons. The lowest BCUT2D eigenvalue weighted by molar-refractivity contribution is 0.0317. The van der Waals surface area contributed by atoms with Gasteiger partial charge in [0.05, 0.1) is 0 Å². The number of phenols is 1. The van der Waals surface area contributed by atoms with Gasteiger partial charge >= 0.3 is 5.97 Å². The number of hydrogen-bond donors (Lipinski definition) is 1. The average molecular weight is 256 g/mol. The second-order valence-corrected chi connectivity index (χ2v) is 4.99. The second kappa shape index (κ2) is 4.92. The van der Waals surface area contributed by atoms with Gasteiger partial charge in [-0.25, -0.2) is 4.79 Å². The quantitative estimate of drug-likeness (QED) is 0.834. The Hall–Kier alpha value is -2.03. The normalized spacial score (nSPS) is 15.8. The highest BCUT2D eigenvalue weighted by molar-refractivity contribution is 6.07. The smallest absolute Gasteiger partial charge is 0.342 e. The van der Waals surface area contributed by atoms with Crippen molar-refractivity contribution in [3.05, 3.63) is 42.0 Å². The zero-order valence-electron chi connectivity index (χ0n) is 10.6. The molecule has 3 heteroatoms. The average Bonchev–Trinajstić information content (AvgIpc) is 2.91. The van der Waals surface area contributed by atoms with Gasteiger partial charge in [-0.05, 0) is 42.5 Å². The van der Waals surface area contributed by atoms with E-state index in [2.05, 4.69) is 0 Å². The van der Waals surface area contributed by atoms with Crippen LogP contribution in [0, 0.1) is 0 Å². The van der Waals surface area contributed by atoms with Gasteiger partial charge in [-0.15, -0.1) is 0 Å². The first kappa shape index (κ1) is 12.0. The third kappa shape index (κ3) is 2.28. The summed E-state index contributed by atoms with van der Waals surface area (Å²) < 4.78 is 5.49. The van der Waals surface area contributed by atoms with Crippen LogP contribution in [0.1, 0.15) is 36.0 Å². The molecule has 0 unspecified atom stereocenters. The lowest BCUT2D eigenvalue weighted by Gasteiger charge is -2.13. The minimum absolute atomic E-state index is 0.00543. The van der Waals surface area contributed by atoms with E-state index in [0.29, 0.717) is 0 Å². The maximum atomic E-state index is 12.3. The molecule has 1 fully saturated rings. The van der Waals surface area contributed by atoms with Crippen molar-refractivity contribution in [1.82, 2.24) is 0 Å². The third-order valence-electron chi connectivity index (χ3n) is 3.69.